The minimum Gasteiger partial charge on any atom is -0.495 e. The highest BCUT2D eigenvalue weighted by Crippen LogP contribution is 2.33. The van der Waals surface area contributed by atoms with Gasteiger partial charge in [0, 0.05) is 40.6 Å². The van der Waals surface area contributed by atoms with Gasteiger partial charge < -0.3 is 21.1 Å². The normalized spacial score (nSPS) is 14.3. The van der Waals surface area contributed by atoms with Crippen LogP contribution in [0.4, 0.5) is 17.2 Å². The Morgan fingerprint density at radius 3 is 2.76 bits per heavy atom. The van der Waals surface area contributed by atoms with Crippen molar-refractivity contribution >= 4 is 44.0 Å². The summed E-state index contributed by atoms with van der Waals surface area (Å²) in [6, 6.07) is 11.7. The van der Waals surface area contributed by atoms with Crippen LogP contribution in [0.3, 0.4) is 0 Å². The maximum atomic E-state index is 6.09. The Labute approximate surface area is 153 Å². The van der Waals surface area contributed by atoms with Gasteiger partial charge in [0.05, 0.1) is 18.3 Å². The molecule has 0 aliphatic carbocycles. The lowest BCUT2D eigenvalue weighted by atomic mass is 10.0. The molecule has 2 aromatic carbocycles. The lowest BCUT2D eigenvalue weighted by Crippen LogP contribution is -2.40. The van der Waals surface area contributed by atoms with Crippen molar-refractivity contribution < 1.29 is 4.74 Å². The Morgan fingerprint density at radius 2 is 2.08 bits per heavy atom. The summed E-state index contributed by atoms with van der Waals surface area (Å²) in [6.45, 7) is 1.79. The predicted octanol–water partition coefficient (Wildman–Crippen LogP) is 3.41. The Bertz CT molecular complexity index is 942. The van der Waals surface area contributed by atoms with Crippen LogP contribution in [0.1, 0.15) is 11.7 Å². The van der Waals surface area contributed by atoms with Crippen LogP contribution < -0.4 is 21.1 Å². The van der Waals surface area contributed by atoms with E-state index in [1.165, 1.54) is 0 Å². The summed E-state index contributed by atoms with van der Waals surface area (Å²) in [5, 5.41) is 7.53. The van der Waals surface area contributed by atoms with Crippen LogP contribution in [0.25, 0.3) is 10.9 Å². The summed E-state index contributed by atoms with van der Waals surface area (Å²) >= 11 is 3.50. The number of nitrogens with two attached hydrogens (primary N) is 1. The molecule has 1 aliphatic rings. The molecule has 128 valence electrons. The molecule has 6 nitrogen and oxygen atoms in total. The van der Waals surface area contributed by atoms with Crippen molar-refractivity contribution in [2.45, 2.75) is 5.92 Å². The Kier molecular flexibility index (Phi) is 4.19. The summed E-state index contributed by atoms with van der Waals surface area (Å²) in [5.74, 6) is 2.53. The molecule has 0 amide bonds. The van der Waals surface area contributed by atoms with E-state index in [4.69, 9.17) is 20.4 Å². The SMILES string of the molecule is COc1cc2nc(C3CNC3)nc(Nc3cccc(Br)c3)c2cc1N. The van der Waals surface area contributed by atoms with Gasteiger partial charge in [0.15, 0.2) is 0 Å². The molecule has 0 unspecified atom stereocenters. The second kappa shape index (κ2) is 6.50. The van der Waals surface area contributed by atoms with Gasteiger partial charge in [-0.3, -0.25) is 0 Å². The number of hydrogen-bond donors (Lipinski definition) is 3. The van der Waals surface area contributed by atoms with E-state index in [1.54, 1.807) is 7.11 Å². The van der Waals surface area contributed by atoms with Crippen molar-refractivity contribution in [1.29, 1.82) is 0 Å². The molecule has 1 saturated heterocycles. The Balaban J connectivity index is 1.85. The van der Waals surface area contributed by atoms with Gasteiger partial charge in [-0.25, -0.2) is 9.97 Å². The Hall–Kier alpha value is -2.38. The third kappa shape index (κ3) is 3.12. The zero-order valence-corrected chi connectivity index (χ0v) is 15.3. The van der Waals surface area contributed by atoms with Gasteiger partial charge in [-0.05, 0) is 24.3 Å². The summed E-state index contributed by atoms with van der Waals surface area (Å²) in [4.78, 5) is 9.50. The highest BCUT2D eigenvalue weighted by atomic mass is 79.9. The molecule has 0 spiro atoms. The van der Waals surface area contributed by atoms with Gasteiger partial charge in [-0.1, -0.05) is 22.0 Å². The first-order valence-corrected chi connectivity index (χ1v) is 8.82. The lowest BCUT2D eigenvalue weighted by Gasteiger charge is -2.26. The van der Waals surface area contributed by atoms with E-state index in [0.717, 1.165) is 45.8 Å². The molecular formula is C18H18BrN5O. The molecule has 0 bridgehead atoms. The number of fused-ring (bicyclic) bond motifs is 1. The molecule has 2 heterocycles. The van der Waals surface area contributed by atoms with Gasteiger partial charge in [0.2, 0.25) is 0 Å². The van der Waals surface area contributed by atoms with Crippen molar-refractivity contribution in [2.24, 2.45) is 0 Å². The fourth-order valence-corrected chi connectivity index (χ4v) is 3.22. The highest BCUT2D eigenvalue weighted by Gasteiger charge is 2.23. The molecule has 7 heteroatoms. The maximum Gasteiger partial charge on any atom is 0.143 e. The quantitative estimate of drug-likeness (QED) is 0.582. The van der Waals surface area contributed by atoms with Gasteiger partial charge in [0.25, 0.3) is 0 Å². The minimum atomic E-state index is 0.330. The first-order valence-electron chi connectivity index (χ1n) is 8.02. The van der Waals surface area contributed by atoms with Crippen LogP contribution in [-0.2, 0) is 0 Å². The van der Waals surface area contributed by atoms with Crippen molar-refractivity contribution in [2.75, 3.05) is 31.2 Å². The standard InChI is InChI=1S/C18H18BrN5O/c1-25-16-7-15-13(6-14(16)20)18(22-12-4-2-3-11(19)5-12)24-17(23-15)10-8-21-9-10/h2-7,10,21H,8-9,20H2,1H3,(H,22,23,24). The highest BCUT2D eigenvalue weighted by molar-refractivity contribution is 9.10. The van der Waals surface area contributed by atoms with Crippen LogP contribution in [0.2, 0.25) is 0 Å². The van der Waals surface area contributed by atoms with Crippen molar-refractivity contribution in [3.05, 3.63) is 46.7 Å². The molecule has 0 saturated carbocycles. The fraction of sp³-hybridized carbons (Fsp3) is 0.222. The minimum absolute atomic E-state index is 0.330. The first kappa shape index (κ1) is 16.1. The topological polar surface area (TPSA) is 85.1 Å². The zero-order chi connectivity index (χ0) is 17.4. The smallest absolute Gasteiger partial charge is 0.143 e. The van der Waals surface area contributed by atoms with Crippen LogP contribution >= 0.6 is 15.9 Å². The van der Waals surface area contributed by atoms with Gasteiger partial charge in [-0.15, -0.1) is 0 Å². The van der Waals surface area contributed by atoms with Gasteiger partial charge in [-0.2, -0.15) is 0 Å². The van der Waals surface area contributed by atoms with E-state index in [1.807, 2.05) is 36.4 Å². The number of aromatic nitrogens is 2. The Morgan fingerprint density at radius 1 is 1.24 bits per heavy atom. The number of rotatable bonds is 4. The maximum absolute atomic E-state index is 6.09. The van der Waals surface area contributed by atoms with E-state index in [-0.39, 0.29) is 0 Å². The predicted molar refractivity (Wildman–Crippen MR) is 104 cm³/mol. The van der Waals surface area contributed by atoms with Gasteiger partial charge >= 0.3 is 0 Å². The first-order chi connectivity index (χ1) is 12.1. The summed E-state index contributed by atoms with van der Waals surface area (Å²) < 4.78 is 6.34. The van der Waals surface area contributed by atoms with Crippen molar-refractivity contribution in [3.63, 3.8) is 0 Å². The number of methoxy groups -OCH3 is 1. The second-order valence-electron chi connectivity index (χ2n) is 6.03. The van der Waals surface area contributed by atoms with Crippen molar-refractivity contribution in [1.82, 2.24) is 15.3 Å². The monoisotopic (exact) mass is 399 g/mol. The second-order valence-corrected chi connectivity index (χ2v) is 6.95. The van der Waals surface area contributed by atoms with E-state index in [0.29, 0.717) is 17.4 Å². The van der Waals surface area contributed by atoms with E-state index < -0.39 is 0 Å². The molecule has 1 aromatic heterocycles. The van der Waals surface area contributed by atoms with Crippen LogP contribution in [-0.4, -0.2) is 30.2 Å². The van der Waals surface area contributed by atoms with E-state index >= 15 is 0 Å². The molecule has 1 aliphatic heterocycles. The number of anilines is 3. The largest absolute Gasteiger partial charge is 0.495 e. The molecule has 25 heavy (non-hydrogen) atoms. The van der Waals surface area contributed by atoms with E-state index in [9.17, 15) is 0 Å². The average molecular weight is 400 g/mol. The fourth-order valence-electron chi connectivity index (χ4n) is 2.82. The third-order valence-electron chi connectivity index (χ3n) is 4.30. The summed E-state index contributed by atoms with van der Waals surface area (Å²) in [6.07, 6.45) is 0. The zero-order valence-electron chi connectivity index (χ0n) is 13.7. The molecule has 1 fully saturated rings. The van der Waals surface area contributed by atoms with Gasteiger partial charge in [0.1, 0.15) is 17.4 Å². The van der Waals surface area contributed by atoms with Crippen LogP contribution in [0, 0.1) is 0 Å². The number of halogens is 1. The summed E-state index contributed by atoms with van der Waals surface area (Å²) in [5.41, 5.74) is 8.42. The summed E-state index contributed by atoms with van der Waals surface area (Å²) in [7, 11) is 1.61. The molecule has 0 radical (unpaired) electrons. The van der Waals surface area contributed by atoms with Crippen molar-refractivity contribution in [3.8, 4) is 5.75 Å². The molecular weight excluding hydrogens is 382 g/mol. The van der Waals surface area contributed by atoms with Crippen LogP contribution in [0.15, 0.2) is 40.9 Å². The number of hydrogen-bond acceptors (Lipinski definition) is 6. The third-order valence-corrected chi connectivity index (χ3v) is 4.79. The molecule has 4 N–H and O–H groups in total. The lowest BCUT2D eigenvalue weighted by molar-refractivity contribution is 0.417. The number of nitrogens with one attached hydrogen (secondary N) is 2. The average Bonchev–Trinajstić information content (AvgIpc) is 2.53. The number of nitrogens with zero attached hydrogens (tertiary/aromatic N) is 2. The van der Waals surface area contributed by atoms with Crippen LogP contribution in [0.5, 0.6) is 5.75 Å². The molecule has 3 aromatic rings. The molecule has 4 rings (SSSR count). The number of ether oxygens (including phenoxy) is 1. The van der Waals surface area contributed by atoms with E-state index in [2.05, 4.69) is 26.6 Å². The molecule has 0 atom stereocenters. The number of nitrogen functional groups attached to an aromatic ring is 1. The number of benzene rings is 2.